The number of nitrogens with one attached hydrogen (secondary N) is 1. The van der Waals surface area contributed by atoms with Gasteiger partial charge in [0.25, 0.3) is 5.56 Å². The quantitative estimate of drug-likeness (QED) is 0.430. The van der Waals surface area contributed by atoms with Gasteiger partial charge in [-0.25, -0.2) is 15.0 Å². The molecule has 3 aromatic heterocycles. The molecule has 0 aliphatic carbocycles. The molecule has 0 radical (unpaired) electrons. The van der Waals surface area contributed by atoms with Crippen LogP contribution < -0.4 is 21.3 Å². The van der Waals surface area contributed by atoms with Gasteiger partial charge in [-0.05, 0) is 42.5 Å². The van der Waals surface area contributed by atoms with E-state index in [1.54, 1.807) is 19.2 Å². The van der Waals surface area contributed by atoms with Crippen molar-refractivity contribution < 1.29 is 4.74 Å². The number of benzene rings is 2. The van der Waals surface area contributed by atoms with Crippen LogP contribution >= 0.6 is 11.3 Å². The molecule has 0 aliphatic heterocycles. The van der Waals surface area contributed by atoms with Gasteiger partial charge in [0.1, 0.15) is 39.3 Å². The molecule has 5 aromatic rings. The van der Waals surface area contributed by atoms with Gasteiger partial charge >= 0.3 is 0 Å². The van der Waals surface area contributed by atoms with E-state index >= 15 is 0 Å². The number of anilines is 3. The van der Waals surface area contributed by atoms with Gasteiger partial charge < -0.3 is 15.8 Å². The lowest BCUT2D eigenvalue weighted by Crippen LogP contribution is -2.17. The molecule has 3 heterocycles. The Morgan fingerprint density at radius 1 is 1.10 bits per heavy atom. The molecule has 0 bridgehead atoms. The summed E-state index contributed by atoms with van der Waals surface area (Å²) in [5, 5.41) is 3.96. The van der Waals surface area contributed by atoms with Gasteiger partial charge in [-0.3, -0.25) is 9.36 Å². The molecular formula is C21H16N6O2S. The Kier molecular flexibility index (Phi) is 4.29. The number of thiophene rings is 1. The fourth-order valence-electron chi connectivity index (χ4n) is 3.24. The predicted molar refractivity (Wildman–Crippen MR) is 119 cm³/mol. The summed E-state index contributed by atoms with van der Waals surface area (Å²) in [6.07, 6.45) is 2.99. The first kappa shape index (κ1) is 18.1. The van der Waals surface area contributed by atoms with E-state index < -0.39 is 0 Å². The van der Waals surface area contributed by atoms with Crippen LogP contribution in [0.15, 0.2) is 66.0 Å². The molecule has 9 heteroatoms. The maximum atomic E-state index is 13.2. The van der Waals surface area contributed by atoms with Crippen molar-refractivity contribution in [2.45, 2.75) is 0 Å². The maximum absolute atomic E-state index is 13.2. The fourth-order valence-corrected chi connectivity index (χ4v) is 4.26. The van der Waals surface area contributed by atoms with Crippen molar-refractivity contribution >= 4 is 49.0 Å². The molecule has 0 saturated carbocycles. The standard InChI is InChI=1S/C21H16N6O2S/c1-29-15-7-5-14(6-8-15)27-11-25-17-16-19(26-13-4-2-3-12(22)9-13)23-10-24-20(16)30-18(17)21(27)28/h2-11H,22H2,1H3,(H,23,24,26). The summed E-state index contributed by atoms with van der Waals surface area (Å²) in [7, 11) is 1.60. The first-order valence-electron chi connectivity index (χ1n) is 9.06. The van der Waals surface area contributed by atoms with Gasteiger partial charge in [-0.2, -0.15) is 0 Å². The summed E-state index contributed by atoms with van der Waals surface area (Å²) in [6.45, 7) is 0. The van der Waals surface area contributed by atoms with E-state index in [1.807, 2.05) is 36.4 Å². The van der Waals surface area contributed by atoms with Gasteiger partial charge in [-0.1, -0.05) is 6.07 Å². The largest absolute Gasteiger partial charge is 0.497 e. The van der Waals surface area contributed by atoms with Gasteiger partial charge in [0.15, 0.2) is 0 Å². The Balaban J connectivity index is 1.66. The third-order valence-electron chi connectivity index (χ3n) is 4.68. The Morgan fingerprint density at radius 3 is 2.70 bits per heavy atom. The lowest BCUT2D eigenvalue weighted by molar-refractivity contribution is 0.414. The molecule has 0 saturated heterocycles. The third-order valence-corrected chi connectivity index (χ3v) is 5.75. The summed E-state index contributed by atoms with van der Waals surface area (Å²) in [4.78, 5) is 27.1. The van der Waals surface area contributed by atoms with E-state index in [4.69, 9.17) is 10.5 Å². The normalized spacial score (nSPS) is 11.1. The Labute approximate surface area is 174 Å². The topological polar surface area (TPSA) is 108 Å². The van der Waals surface area contributed by atoms with Crippen LogP contribution in [0, 0.1) is 0 Å². The number of aromatic nitrogens is 4. The smallest absolute Gasteiger partial charge is 0.275 e. The molecule has 3 N–H and O–H groups in total. The van der Waals surface area contributed by atoms with Crippen LogP contribution in [0.1, 0.15) is 0 Å². The number of nitrogen functional groups attached to an aromatic ring is 1. The van der Waals surface area contributed by atoms with E-state index in [9.17, 15) is 4.79 Å². The second kappa shape index (κ2) is 7.12. The summed E-state index contributed by atoms with van der Waals surface area (Å²) in [5.41, 5.74) is 8.41. The number of ether oxygens (including phenoxy) is 1. The lowest BCUT2D eigenvalue weighted by Gasteiger charge is -2.08. The van der Waals surface area contributed by atoms with Gasteiger partial charge in [0, 0.05) is 11.4 Å². The molecular weight excluding hydrogens is 400 g/mol. The fraction of sp³-hybridized carbons (Fsp3) is 0.0476. The molecule has 30 heavy (non-hydrogen) atoms. The SMILES string of the molecule is COc1ccc(-n2cnc3c(sc4ncnc(Nc5cccc(N)c5)c43)c2=O)cc1. The van der Waals surface area contributed by atoms with Crippen molar-refractivity contribution in [2.24, 2.45) is 0 Å². The second-order valence-electron chi connectivity index (χ2n) is 6.55. The molecule has 148 valence electrons. The summed E-state index contributed by atoms with van der Waals surface area (Å²) < 4.78 is 7.21. The van der Waals surface area contributed by atoms with Crippen LogP contribution in [0.4, 0.5) is 17.2 Å². The zero-order chi connectivity index (χ0) is 20.7. The van der Waals surface area contributed by atoms with Crippen molar-refractivity contribution in [3.05, 3.63) is 71.5 Å². The van der Waals surface area contributed by atoms with Crippen molar-refractivity contribution in [3.63, 3.8) is 0 Å². The second-order valence-corrected chi connectivity index (χ2v) is 7.55. The molecule has 2 aromatic carbocycles. The lowest BCUT2D eigenvalue weighted by atomic mass is 10.2. The average Bonchev–Trinajstić information content (AvgIpc) is 3.15. The Hall–Kier alpha value is -3.98. The minimum Gasteiger partial charge on any atom is -0.497 e. The minimum absolute atomic E-state index is 0.164. The van der Waals surface area contributed by atoms with E-state index in [1.165, 1.54) is 28.6 Å². The molecule has 0 spiro atoms. The van der Waals surface area contributed by atoms with Gasteiger partial charge in [-0.15, -0.1) is 11.3 Å². The molecule has 5 rings (SSSR count). The summed E-state index contributed by atoms with van der Waals surface area (Å²) in [6, 6.07) is 14.6. The monoisotopic (exact) mass is 416 g/mol. The van der Waals surface area contributed by atoms with Crippen LogP contribution in [0.3, 0.4) is 0 Å². The van der Waals surface area contributed by atoms with Crippen molar-refractivity contribution in [1.82, 2.24) is 19.5 Å². The van der Waals surface area contributed by atoms with Crippen LogP contribution in [-0.4, -0.2) is 26.6 Å². The Morgan fingerprint density at radius 2 is 1.93 bits per heavy atom. The third kappa shape index (κ3) is 3.01. The minimum atomic E-state index is -0.164. The van der Waals surface area contributed by atoms with E-state index in [0.717, 1.165) is 11.4 Å². The van der Waals surface area contributed by atoms with Crippen molar-refractivity contribution in [3.8, 4) is 11.4 Å². The summed E-state index contributed by atoms with van der Waals surface area (Å²) in [5.74, 6) is 1.29. The molecule has 0 atom stereocenters. The first-order valence-corrected chi connectivity index (χ1v) is 9.87. The van der Waals surface area contributed by atoms with Crippen molar-refractivity contribution in [2.75, 3.05) is 18.2 Å². The molecule has 0 fully saturated rings. The number of fused-ring (bicyclic) bond motifs is 3. The van der Waals surface area contributed by atoms with E-state index in [-0.39, 0.29) is 5.56 Å². The van der Waals surface area contributed by atoms with Gasteiger partial charge in [0.2, 0.25) is 0 Å². The average molecular weight is 416 g/mol. The van der Waals surface area contributed by atoms with Crippen LogP contribution in [0.25, 0.3) is 26.1 Å². The highest BCUT2D eigenvalue weighted by atomic mass is 32.1. The number of nitrogens with zero attached hydrogens (tertiary/aromatic N) is 4. The van der Waals surface area contributed by atoms with Crippen LogP contribution in [-0.2, 0) is 0 Å². The van der Waals surface area contributed by atoms with Crippen molar-refractivity contribution in [1.29, 1.82) is 0 Å². The number of hydrogen-bond donors (Lipinski definition) is 2. The van der Waals surface area contributed by atoms with E-state index in [2.05, 4.69) is 20.3 Å². The molecule has 0 aliphatic rings. The van der Waals surface area contributed by atoms with Crippen LogP contribution in [0.5, 0.6) is 5.75 Å². The molecule has 0 unspecified atom stereocenters. The highest BCUT2D eigenvalue weighted by molar-refractivity contribution is 7.25. The number of hydrogen-bond acceptors (Lipinski definition) is 8. The van der Waals surface area contributed by atoms with Gasteiger partial charge in [0.05, 0.1) is 18.2 Å². The molecule has 0 amide bonds. The van der Waals surface area contributed by atoms with Crippen LogP contribution in [0.2, 0.25) is 0 Å². The molecule has 8 nitrogen and oxygen atoms in total. The number of nitrogens with two attached hydrogens (primary N) is 1. The number of rotatable bonds is 4. The highest BCUT2D eigenvalue weighted by Gasteiger charge is 2.17. The zero-order valence-corrected chi connectivity index (χ0v) is 16.7. The maximum Gasteiger partial charge on any atom is 0.275 e. The predicted octanol–water partition coefficient (Wildman–Crippen LogP) is 3.72. The highest BCUT2D eigenvalue weighted by Crippen LogP contribution is 2.34. The zero-order valence-electron chi connectivity index (χ0n) is 15.9. The van der Waals surface area contributed by atoms with E-state index in [0.29, 0.717) is 37.6 Å². The first-order chi connectivity index (χ1) is 14.6. The Bertz CT molecular complexity index is 1440. The summed E-state index contributed by atoms with van der Waals surface area (Å²) >= 11 is 1.30. The number of methoxy groups -OCH3 is 1.